The predicted octanol–water partition coefficient (Wildman–Crippen LogP) is 4.68. The Bertz CT molecular complexity index is 608. The fraction of sp³-hybridized carbons (Fsp3) is 0.350. The van der Waals surface area contributed by atoms with Crippen molar-refractivity contribution in [3.05, 3.63) is 60.2 Å². The van der Waals surface area contributed by atoms with Crippen LogP contribution in [0, 0.1) is 5.92 Å². The quantitative estimate of drug-likeness (QED) is 0.768. The molecule has 2 aromatic carbocycles. The Morgan fingerprint density at radius 3 is 2.61 bits per heavy atom. The molecule has 2 aromatic rings. The van der Waals surface area contributed by atoms with Gasteiger partial charge in [-0.1, -0.05) is 50.2 Å². The summed E-state index contributed by atoms with van der Waals surface area (Å²) in [5.74, 6) is 1.31. The average molecular weight is 311 g/mol. The minimum atomic E-state index is 0.0435. The van der Waals surface area contributed by atoms with Crippen molar-refractivity contribution in [3.63, 3.8) is 0 Å². The summed E-state index contributed by atoms with van der Waals surface area (Å²) in [5.41, 5.74) is 2.06. The molecule has 0 aliphatic carbocycles. The number of amides is 1. The van der Waals surface area contributed by atoms with Gasteiger partial charge in [0.05, 0.1) is 6.61 Å². The number of benzene rings is 2. The van der Waals surface area contributed by atoms with Crippen LogP contribution in [0.5, 0.6) is 5.75 Å². The van der Waals surface area contributed by atoms with E-state index in [0.717, 1.165) is 24.3 Å². The first-order valence-electron chi connectivity index (χ1n) is 8.20. The molecule has 0 fully saturated rings. The smallest absolute Gasteiger partial charge is 0.224 e. The van der Waals surface area contributed by atoms with E-state index in [0.29, 0.717) is 18.9 Å². The van der Waals surface area contributed by atoms with Crippen LogP contribution >= 0.6 is 0 Å². The van der Waals surface area contributed by atoms with E-state index in [1.165, 1.54) is 5.56 Å². The lowest BCUT2D eigenvalue weighted by Gasteiger charge is -2.10. The van der Waals surface area contributed by atoms with Crippen LogP contribution in [-0.4, -0.2) is 12.5 Å². The lowest BCUT2D eigenvalue weighted by Crippen LogP contribution is -2.11. The number of aryl methyl sites for hydroxylation is 1. The number of anilines is 1. The standard InChI is InChI=1S/C20H25NO2/c1-16(2)15-23-19-12-7-11-18(14-19)21-20(22)13-6-10-17-8-4-3-5-9-17/h3-5,7-9,11-12,14,16H,6,10,13,15H2,1-2H3,(H,21,22). The molecule has 0 radical (unpaired) electrons. The minimum absolute atomic E-state index is 0.0435. The molecule has 3 heteroatoms. The van der Waals surface area contributed by atoms with Crippen LogP contribution in [0.15, 0.2) is 54.6 Å². The first-order valence-corrected chi connectivity index (χ1v) is 8.20. The van der Waals surface area contributed by atoms with Gasteiger partial charge in [-0.2, -0.15) is 0 Å². The highest BCUT2D eigenvalue weighted by molar-refractivity contribution is 5.90. The van der Waals surface area contributed by atoms with Crippen LogP contribution in [0.1, 0.15) is 32.3 Å². The Hall–Kier alpha value is -2.29. The highest BCUT2D eigenvalue weighted by Gasteiger charge is 2.04. The summed E-state index contributed by atoms with van der Waals surface area (Å²) in [6.07, 6.45) is 2.29. The largest absolute Gasteiger partial charge is 0.493 e. The maximum Gasteiger partial charge on any atom is 0.224 e. The molecule has 0 aliphatic heterocycles. The van der Waals surface area contributed by atoms with E-state index in [4.69, 9.17) is 4.74 Å². The van der Waals surface area contributed by atoms with Gasteiger partial charge in [-0.3, -0.25) is 4.79 Å². The molecule has 1 amide bonds. The maximum atomic E-state index is 12.0. The van der Waals surface area contributed by atoms with Crippen molar-refractivity contribution < 1.29 is 9.53 Å². The van der Waals surface area contributed by atoms with Gasteiger partial charge < -0.3 is 10.1 Å². The van der Waals surface area contributed by atoms with Crippen LogP contribution in [-0.2, 0) is 11.2 Å². The minimum Gasteiger partial charge on any atom is -0.493 e. The topological polar surface area (TPSA) is 38.3 Å². The van der Waals surface area contributed by atoms with Crippen molar-refractivity contribution in [1.29, 1.82) is 0 Å². The summed E-state index contributed by atoms with van der Waals surface area (Å²) in [6, 6.07) is 17.8. The van der Waals surface area contributed by atoms with E-state index >= 15 is 0 Å². The number of rotatable bonds is 8. The third-order valence-electron chi connectivity index (χ3n) is 3.41. The summed E-state index contributed by atoms with van der Waals surface area (Å²) in [6.45, 7) is 4.89. The van der Waals surface area contributed by atoms with E-state index in [1.54, 1.807) is 0 Å². The van der Waals surface area contributed by atoms with Crippen LogP contribution < -0.4 is 10.1 Å². The van der Waals surface area contributed by atoms with Crippen molar-refractivity contribution in [2.24, 2.45) is 5.92 Å². The molecule has 0 heterocycles. The number of hydrogen-bond acceptors (Lipinski definition) is 2. The Kier molecular flexibility index (Phi) is 6.67. The van der Waals surface area contributed by atoms with Crippen LogP contribution in [0.25, 0.3) is 0 Å². The first kappa shape index (κ1) is 17.1. The van der Waals surface area contributed by atoms with Gasteiger partial charge in [-0.15, -0.1) is 0 Å². The molecule has 0 atom stereocenters. The van der Waals surface area contributed by atoms with Gasteiger partial charge in [0, 0.05) is 18.2 Å². The lowest BCUT2D eigenvalue weighted by molar-refractivity contribution is -0.116. The second kappa shape index (κ2) is 8.99. The fourth-order valence-electron chi connectivity index (χ4n) is 2.25. The van der Waals surface area contributed by atoms with Gasteiger partial charge in [0.25, 0.3) is 0 Å². The molecular formula is C20H25NO2. The summed E-state index contributed by atoms with van der Waals surface area (Å²) in [7, 11) is 0. The molecular weight excluding hydrogens is 286 g/mol. The molecule has 0 aromatic heterocycles. The van der Waals surface area contributed by atoms with Gasteiger partial charge in [-0.25, -0.2) is 0 Å². The van der Waals surface area contributed by atoms with E-state index in [1.807, 2.05) is 42.5 Å². The number of ether oxygens (including phenoxy) is 1. The fourth-order valence-corrected chi connectivity index (χ4v) is 2.25. The molecule has 0 saturated carbocycles. The van der Waals surface area contributed by atoms with E-state index < -0.39 is 0 Å². The Morgan fingerprint density at radius 1 is 1.09 bits per heavy atom. The summed E-state index contributed by atoms with van der Waals surface area (Å²) in [4.78, 5) is 12.0. The Labute approximate surface area is 138 Å². The zero-order valence-corrected chi connectivity index (χ0v) is 13.9. The maximum absolute atomic E-state index is 12.0. The SMILES string of the molecule is CC(C)COc1cccc(NC(=O)CCCc2ccccc2)c1. The number of hydrogen-bond donors (Lipinski definition) is 1. The molecule has 0 saturated heterocycles. The molecule has 0 aliphatic rings. The van der Waals surface area contributed by atoms with Gasteiger partial charge >= 0.3 is 0 Å². The third kappa shape index (κ3) is 6.55. The van der Waals surface area contributed by atoms with Gasteiger partial charge in [-0.05, 0) is 36.5 Å². The van der Waals surface area contributed by atoms with E-state index in [-0.39, 0.29) is 5.91 Å². The molecule has 2 rings (SSSR count). The molecule has 0 bridgehead atoms. The zero-order chi connectivity index (χ0) is 16.5. The van der Waals surface area contributed by atoms with Gasteiger partial charge in [0.2, 0.25) is 5.91 Å². The molecule has 0 spiro atoms. The van der Waals surface area contributed by atoms with Crippen molar-refractivity contribution in [3.8, 4) is 5.75 Å². The van der Waals surface area contributed by atoms with E-state index in [9.17, 15) is 4.79 Å². The summed E-state index contributed by atoms with van der Waals surface area (Å²) < 4.78 is 5.68. The van der Waals surface area contributed by atoms with Crippen LogP contribution in [0.4, 0.5) is 5.69 Å². The summed E-state index contributed by atoms with van der Waals surface area (Å²) >= 11 is 0. The highest BCUT2D eigenvalue weighted by atomic mass is 16.5. The highest BCUT2D eigenvalue weighted by Crippen LogP contribution is 2.18. The van der Waals surface area contributed by atoms with E-state index in [2.05, 4.69) is 31.3 Å². The summed E-state index contributed by atoms with van der Waals surface area (Å²) in [5, 5.41) is 2.94. The molecule has 122 valence electrons. The van der Waals surface area contributed by atoms with Crippen LogP contribution in [0.3, 0.4) is 0 Å². The second-order valence-electron chi connectivity index (χ2n) is 6.12. The zero-order valence-electron chi connectivity index (χ0n) is 13.9. The van der Waals surface area contributed by atoms with Crippen LogP contribution in [0.2, 0.25) is 0 Å². The second-order valence-corrected chi connectivity index (χ2v) is 6.12. The normalized spacial score (nSPS) is 10.6. The Morgan fingerprint density at radius 2 is 1.87 bits per heavy atom. The van der Waals surface area contributed by atoms with Gasteiger partial charge in [0.15, 0.2) is 0 Å². The van der Waals surface area contributed by atoms with Crippen molar-refractivity contribution in [1.82, 2.24) is 0 Å². The van der Waals surface area contributed by atoms with Crippen molar-refractivity contribution >= 4 is 11.6 Å². The lowest BCUT2D eigenvalue weighted by atomic mass is 10.1. The van der Waals surface area contributed by atoms with Crippen molar-refractivity contribution in [2.75, 3.05) is 11.9 Å². The van der Waals surface area contributed by atoms with Gasteiger partial charge in [0.1, 0.15) is 5.75 Å². The average Bonchev–Trinajstić information content (AvgIpc) is 2.54. The molecule has 23 heavy (non-hydrogen) atoms. The molecule has 3 nitrogen and oxygen atoms in total. The number of nitrogens with one attached hydrogen (secondary N) is 1. The Balaban J connectivity index is 1.77. The van der Waals surface area contributed by atoms with Crippen molar-refractivity contribution in [2.45, 2.75) is 33.1 Å². The third-order valence-corrected chi connectivity index (χ3v) is 3.41. The monoisotopic (exact) mass is 311 g/mol. The number of carbonyl (C=O) groups excluding carboxylic acids is 1. The molecule has 1 N–H and O–H groups in total. The molecule has 0 unspecified atom stereocenters. The number of carbonyl (C=O) groups is 1. The first-order chi connectivity index (χ1) is 11.1. The predicted molar refractivity (Wildman–Crippen MR) is 94.8 cm³/mol.